The maximum atomic E-state index is 12.9. The SMILES string of the molecule is CC(C)c1cc(C2(c3ccc(O)c(C(C)C)c3)OC(=O)c3ccccc32)ccc1O. The number of cyclic esters (lactones) is 1. The lowest BCUT2D eigenvalue weighted by molar-refractivity contribution is 0.0251. The van der Waals surface area contributed by atoms with E-state index < -0.39 is 5.60 Å². The minimum absolute atomic E-state index is 0.0976. The van der Waals surface area contributed by atoms with Gasteiger partial charge in [-0.05, 0) is 53.3 Å². The molecule has 0 saturated carbocycles. The highest BCUT2D eigenvalue weighted by Gasteiger charge is 2.48. The van der Waals surface area contributed by atoms with Gasteiger partial charge in [-0.1, -0.05) is 58.0 Å². The molecule has 0 amide bonds. The molecule has 0 aromatic heterocycles. The average Bonchev–Trinajstić information content (AvgIpc) is 3.02. The Hall–Kier alpha value is -3.27. The molecule has 0 bridgehead atoms. The quantitative estimate of drug-likeness (QED) is 0.541. The van der Waals surface area contributed by atoms with Gasteiger partial charge in [0.2, 0.25) is 0 Å². The number of aromatic hydroxyl groups is 2. The van der Waals surface area contributed by atoms with E-state index in [0.717, 1.165) is 27.8 Å². The Bertz CT molecular complexity index is 1070. The van der Waals surface area contributed by atoms with E-state index in [1.165, 1.54) is 0 Å². The van der Waals surface area contributed by atoms with E-state index in [9.17, 15) is 15.0 Å². The van der Waals surface area contributed by atoms with Crippen molar-refractivity contribution >= 4 is 5.97 Å². The molecule has 0 aliphatic carbocycles. The van der Waals surface area contributed by atoms with Crippen LogP contribution in [0.5, 0.6) is 11.5 Å². The predicted molar refractivity (Wildman–Crippen MR) is 116 cm³/mol. The van der Waals surface area contributed by atoms with Crippen molar-refractivity contribution in [2.24, 2.45) is 0 Å². The molecule has 1 aliphatic heterocycles. The van der Waals surface area contributed by atoms with Gasteiger partial charge in [-0.25, -0.2) is 4.79 Å². The Balaban J connectivity index is 2.06. The predicted octanol–water partition coefficient (Wildman–Crippen LogP) is 5.81. The van der Waals surface area contributed by atoms with Crippen LogP contribution in [0.1, 0.15) is 77.7 Å². The van der Waals surface area contributed by atoms with E-state index >= 15 is 0 Å². The lowest BCUT2D eigenvalue weighted by Crippen LogP contribution is -2.30. The van der Waals surface area contributed by atoms with Gasteiger partial charge in [-0.2, -0.15) is 0 Å². The molecule has 0 atom stereocenters. The lowest BCUT2D eigenvalue weighted by atomic mass is 9.78. The zero-order valence-electron chi connectivity index (χ0n) is 17.6. The molecule has 4 rings (SSSR count). The van der Waals surface area contributed by atoms with Crippen molar-refractivity contribution in [1.29, 1.82) is 0 Å². The van der Waals surface area contributed by atoms with E-state index in [1.54, 1.807) is 30.3 Å². The van der Waals surface area contributed by atoms with E-state index in [2.05, 4.69) is 0 Å². The number of hydrogen-bond acceptors (Lipinski definition) is 4. The number of rotatable bonds is 4. The molecule has 30 heavy (non-hydrogen) atoms. The molecule has 0 unspecified atom stereocenters. The van der Waals surface area contributed by atoms with Crippen molar-refractivity contribution < 1.29 is 19.7 Å². The third-order valence-electron chi connectivity index (χ3n) is 5.88. The molecule has 2 N–H and O–H groups in total. The van der Waals surface area contributed by atoms with Crippen molar-refractivity contribution in [2.45, 2.75) is 45.1 Å². The number of hydrogen-bond donors (Lipinski definition) is 2. The number of ether oxygens (including phenoxy) is 1. The zero-order chi connectivity index (χ0) is 21.6. The van der Waals surface area contributed by atoms with Crippen LogP contribution in [0.2, 0.25) is 0 Å². The molecule has 1 heterocycles. The third-order valence-corrected chi connectivity index (χ3v) is 5.88. The number of carbonyl (C=O) groups is 1. The highest BCUT2D eigenvalue weighted by Crippen LogP contribution is 2.49. The van der Waals surface area contributed by atoms with Crippen LogP contribution in [-0.2, 0) is 10.3 Å². The number of phenols is 2. The average molecular weight is 402 g/mol. The number of fused-ring (bicyclic) bond motifs is 1. The molecule has 0 saturated heterocycles. The van der Waals surface area contributed by atoms with Crippen LogP contribution in [-0.4, -0.2) is 16.2 Å². The van der Waals surface area contributed by atoms with Crippen molar-refractivity contribution in [3.05, 3.63) is 94.0 Å². The van der Waals surface area contributed by atoms with Gasteiger partial charge in [0.15, 0.2) is 5.60 Å². The summed E-state index contributed by atoms with van der Waals surface area (Å²) in [5.74, 6) is 0.245. The fraction of sp³-hybridized carbons (Fsp3) is 0.269. The van der Waals surface area contributed by atoms with Gasteiger partial charge in [0.25, 0.3) is 0 Å². The highest BCUT2D eigenvalue weighted by molar-refractivity contribution is 5.96. The topological polar surface area (TPSA) is 66.8 Å². The van der Waals surface area contributed by atoms with Gasteiger partial charge in [-0.3, -0.25) is 0 Å². The molecule has 154 valence electrons. The van der Waals surface area contributed by atoms with Crippen LogP contribution in [0.15, 0.2) is 60.7 Å². The first-order valence-electron chi connectivity index (χ1n) is 10.2. The van der Waals surface area contributed by atoms with Crippen molar-refractivity contribution in [1.82, 2.24) is 0 Å². The van der Waals surface area contributed by atoms with Crippen LogP contribution >= 0.6 is 0 Å². The molecule has 4 nitrogen and oxygen atoms in total. The summed E-state index contributed by atoms with van der Waals surface area (Å²) < 4.78 is 6.14. The molecule has 0 radical (unpaired) electrons. The minimum Gasteiger partial charge on any atom is -0.508 e. The maximum absolute atomic E-state index is 12.9. The summed E-state index contributed by atoms with van der Waals surface area (Å²) >= 11 is 0. The van der Waals surface area contributed by atoms with Gasteiger partial charge >= 0.3 is 5.97 Å². The smallest absolute Gasteiger partial charge is 0.340 e. The Morgan fingerprint density at radius 1 is 0.767 bits per heavy atom. The van der Waals surface area contributed by atoms with Gasteiger partial charge in [0.1, 0.15) is 11.5 Å². The molecule has 0 spiro atoms. The highest BCUT2D eigenvalue weighted by atomic mass is 16.6. The normalized spacial score (nSPS) is 14.8. The number of esters is 1. The Labute approximate surface area is 176 Å². The van der Waals surface area contributed by atoms with Gasteiger partial charge in [0.05, 0.1) is 5.56 Å². The Kier molecular flexibility index (Phi) is 4.81. The van der Waals surface area contributed by atoms with Crippen LogP contribution in [0.4, 0.5) is 0 Å². The van der Waals surface area contributed by atoms with Crippen LogP contribution in [0.3, 0.4) is 0 Å². The summed E-state index contributed by atoms with van der Waals surface area (Å²) in [7, 11) is 0. The largest absolute Gasteiger partial charge is 0.508 e. The second-order valence-corrected chi connectivity index (χ2v) is 8.47. The second kappa shape index (κ2) is 7.21. The fourth-order valence-corrected chi connectivity index (χ4v) is 4.28. The first-order valence-corrected chi connectivity index (χ1v) is 10.2. The van der Waals surface area contributed by atoms with Crippen molar-refractivity contribution in [2.75, 3.05) is 0 Å². The Morgan fingerprint density at radius 3 is 1.77 bits per heavy atom. The Morgan fingerprint density at radius 2 is 1.27 bits per heavy atom. The summed E-state index contributed by atoms with van der Waals surface area (Å²) in [5.41, 5.74) is 3.24. The third kappa shape index (κ3) is 2.95. The first kappa shape index (κ1) is 20.0. The number of phenolic OH excluding ortho intramolecular Hbond substituents is 2. The summed E-state index contributed by atoms with van der Waals surface area (Å²) in [4.78, 5) is 12.9. The summed E-state index contributed by atoms with van der Waals surface area (Å²) in [6.45, 7) is 8.05. The summed E-state index contributed by atoms with van der Waals surface area (Å²) in [6.07, 6.45) is 0. The van der Waals surface area contributed by atoms with E-state index in [-0.39, 0.29) is 29.3 Å². The van der Waals surface area contributed by atoms with Gasteiger partial charge < -0.3 is 14.9 Å². The lowest BCUT2D eigenvalue weighted by Gasteiger charge is -2.32. The van der Waals surface area contributed by atoms with Gasteiger partial charge in [0, 0.05) is 16.7 Å². The first-order chi connectivity index (χ1) is 14.3. The fourth-order valence-electron chi connectivity index (χ4n) is 4.28. The zero-order valence-corrected chi connectivity index (χ0v) is 17.6. The molecule has 3 aromatic carbocycles. The van der Waals surface area contributed by atoms with Crippen molar-refractivity contribution in [3.8, 4) is 11.5 Å². The monoisotopic (exact) mass is 402 g/mol. The summed E-state index contributed by atoms with van der Waals surface area (Å²) in [6, 6.07) is 18.1. The van der Waals surface area contributed by atoms with Crippen molar-refractivity contribution in [3.63, 3.8) is 0 Å². The number of benzene rings is 3. The minimum atomic E-state index is -1.15. The van der Waals surface area contributed by atoms with E-state index in [4.69, 9.17) is 4.74 Å². The molecule has 0 fully saturated rings. The maximum Gasteiger partial charge on any atom is 0.340 e. The summed E-state index contributed by atoms with van der Waals surface area (Å²) in [5, 5.41) is 20.7. The van der Waals surface area contributed by atoms with Crippen LogP contribution < -0.4 is 0 Å². The van der Waals surface area contributed by atoms with E-state index in [0.29, 0.717) is 5.56 Å². The molecule has 1 aliphatic rings. The van der Waals surface area contributed by atoms with E-state index in [1.807, 2.05) is 58.0 Å². The number of carbonyl (C=O) groups excluding carboxylic acids is 1. The molecular formula is C26H26O4. The van der Waals surface area contributed by atoms with Crippen LogP contribution in [0, 0.1) is 0 Å². The van der Waals surface area contributed by atoms with Gasteiger partial charge in [-0.15, -0.1) is 0 Å². The molecule has 4 heteroatoms. The van der Waals surface area contributed by atoms with Crippen LogP contribution in [0.25, 0.3) is 0 Å². The standard InChI is InChI=1S/C26H26O4/c1-15(2)20-13-17(9-11-23(20)27)26(18-10-12-24(28)21(14-18)16(3)4)22-8-6-5-7-19(22)25(29)30-26/h5-16,27-28H,1-4H3. The molecular weight excluding hydrogens is 376 g/mol. The second-order valence-electron chi connectivity index (χ2n) is 8.47. The molecule has 3 aromatic rings.